The van der Waals surface area contributed by atoms with Crippen molar-refractivity contribution in [3.63, 3.8) is 0 Å². The summed E-state index contributed by atoms with van der Waals surface area (Å²) in [4.78, 5) is 30.2. The molecule has 2 saturated heterocycles. The Kier molecular flexibility index (Phi) is 7.88. The van der Waals surface area contributed by atoms with Crippen LogP contribution in [0.2, 0.25) is 0 Å². The average molecular weight is 544 g/mol. The first kappa shape index (κ1) is 27.7. The molecule has 0 aliphatic carbocycles. The second kappa shape index (κ2) is 10.8. The Labute approximate surface area is 214 Å². The number of benzene rings is 2. The van der Waals surface area contributed by atoms with E-state index in [9.17, 15) is 35.9 Å². The molecule has 2 fully saturated rings. The number of carbonyl (C=O) groups is 2. The van der Waals surface area contributed by atoms with Crippen molar-refractivity contribution in [1.82, 2.24) is 14.7 Å². The Morgan fingerprint density at radius 3 is 2.05 bits per heavy atom. The van der Waals surface area contributed by atoms with Crippen LogP contribution >= 0.6 is 0 Å². The zero-order valence-corrected chi connectivity index (χ0v) is 20.4. The van der Waals surface area contributed by atoms with Crippen LogP contribution in [-0.4, -0.2) is 79.1 Å². The van der Waals surface area contributed by atoms with Gasteiger partial charge in [-0.3, -0.25) is 9.80 Å². The lowest BCUT2D eigenvalue weighted by molar-refractivity contribution is -0.143. The van der Waals surface area contributed by atoms with Crippen LogP contribution in [0.15, 0.2) is 42.5 Å². The minimum absolute atomic E-state index is 0.0169. The molecule has 2 aromatic rings. The first-order chi connectivity index (χ1) is 17.8. The van der Waals surface area contributed by atoms with Gasteiger partial charge in [0.15, 0.2) is 0 Å². The summed E-state index contributed by atoms with van der Waals surface area (Å²) in [7, 11) is 1.33. The van der Waals surface area contributed by atoms with E-state index in [0.717, 1.165) is 18.7 Å². The number of rotatable bonds is 5. The smallest absolute Gasteiger partial charge is 0.416 e. The van der Waals surface area contributed by atoms with Crippen LogP contribution in [0.25, 0.3) is 0 Å². The molecular weight excluding hydrogens is 518 g/mol. The van der Waals surface area contributed by atoms with Crippen molar-refractivity contribution in [2.45, 2.75) is 24.9 Å². The van der Waals surface area contributed by atoms with E-state index in [0.29, 0.717) is 50.4 Å². The van der Waals surface area contributed by atoms with Crippen molar-refractivity contribution < 1.29 is 40.7 Å². The SMILES string of the molecule is COC(=O)c1ccccc1CN1CCN(C2CN(C(=O)Nc3cc(C(F)(F)F)cc(C(F)(F)F)c3)C2)CC1. The molecule has 2 amide bonds. The standard InChI is InChI=1S/C25H26F6N4O3/c1-38-22(36)21-5-3-2-4-16(21)13-33-6-8-34(9-7-33)20-14-35(15-20)23(37)32-19-11-17(24(26,27)28)10-18(12-19)25(29,30)31/h2-5,10-12,20H,6-9,13-15H2,1H3,(H,32,37). The predicted octanol–water partition coefficient (Wildman–Crippen LogP) is 4.54. The van der Waals surface area contributed by atoms with Gasteiger partial charge in [-0.1, -0.05) is 18.2 Å². The van der Waals surface area contributed by atoms with E-state index in [1.807, 2.05) is 12.1 Å². The summed E-state index contributed by atoms with van der Waals surface area (Å²) in [5.41, 5.74) is -2.17. The number of hydrogen-bond acceptors (Lipinski definition) is 5. The maximum Gasteiger partial charge on any atom is 0.416 e. The fourth-order valence-electron chi connectivity index (χ4n) is 4.58. The Bertz CT molecular complexity index is 1140. The first-order valence-corrected chi connectivity index (χ1v) is 11.8. The highest BCUT2D eigenvalue weighted by Gasteiger charge is 2.39. The highest BCUT2D eigenvalue weighted by molar-refractivity contribution is 5.91. The molecule has 2 aromatic carbocycles. The lowest BCUT2D eigenvalue weighted by Crippen LogP contribution is -2.64. The molecule has 0 bridgehead atoms. The number of carbonyl (C=O) groups excluding carboxylic acids is 2. The summed E-state index contributed by atoms with van der Waals surface area (Å²) in [6.07, 6.45) is -9.99. The lowest BCUT2D eigenvalue weighted by Gasteiger charge is -2.48. The van der Waals surface area contributed by atoms with Gasteiger partial charge in [-0.05, 0) is 29.8 Å². The third-order valence-corrected chi connectivity index (χ3v) is 6.73. The van der Waals surface area contributed by atoms with E-state index >= 15 is 0 Å². The molecule has 2 aliphatic heterocycles. The number of amides is 2. The van der Waals surface area contributed by atoms with Gasteiger partial charge in [0.25, 0.3) is 0 Å². The van der Waals surface area contributed by atoms with Crippen LogP contribution in [-0.2, 0) is 23.6 Å². The monoisotopic (exact) mass is 544 g/mol. The molecule has 7 nitrogen and oxygen atoms in total. The molecule has 2 heterocycles. The van der Waals surface area contributed by atoms with Gasteiger partial charge >= 0.3 is 24.4 Å². The second-order valence-corrected chi connectivity index (χ2v) is 9.24. The van der Waals surface area contributed by atoms with Crippen LogP contribution in [0.3, 0.4) is 0 Å². The van der Waals surface area contributed by atoms with Gasteiger partial charge in [0.05, 0.1) is 23.8 Å². The summed E-state index contributed by atoms with van der Waals surface area (Å²) in [6, 6.07) is 7.50. The number of urea groups is 1. The van der Waals surface area contributed by atoms with Crippen molar-refractivity contribution in [2.24, 2.45) is 0 Å². The van der Waals surface area contributed by atoms with Gasteiger partial charge in [-0.2, -0.15) is 26.3 Å². The third-order valence-electron chi connectivity index (χ3n) is 6.73. The van der Waals surface area contributed by atoms with E-state index in [2.05, 4.69) is 15.1 Å². The zero-order chi connectivity index (χ0) is 27.7. The van der Waals surface area contributed by atoms with Crippen LogP contribution in [0.4, 0.5) is 36.8 Å². The maximum absolute atomic E-state index is 13.1. The number of nitrogens with zero attached hydrogens (tertiary/aromatic N) is 3. The number of halogens is 6. The summed E-state index contributed by atoms with van der Waals surface area (Å²) in [5.74, 6) is -0.396. The van der Waals surface area contributed by atoms with E-state index in [1.54, 1.807) is 12.1 Å². The molecule has 38 heavy (non-hydrogen) atoms. The van der Waals surface area contributed by atoms with Crippen molar-refractivity contribution in [2.75, 3.05) is 51.7 Å². The molecule has 0 radical (unpaired) electrons. The van der Waals surface area contributed by atoms with E-state index in [1.165, 1.54) is 12.0 Å². The van der Waals surface area contributed by atoms with Crippen molar-refractivity contribution in [3.8, 4) is 0 Å². The Morgan fingerprint density at radius 2 is 1.50 bits per heavy atom. The van der Waals surface area contributed by atoms with Crippen molar-refractivity contribution in [3.05, 3.63) is 64.7 Å². The molecular formula is C25H26F6N4O3. The summed E-state index contributed by atoms with van der Waals surface area (Å²) >= 11 is 0. The highest BCUT2D eigenvalue weighted by atomic mass is 19.4. The molecule has 0 spiro atoms. The van der Waals surface area contributed by atoms with Crippen LogP contribution in [0, 0.1) is 0 Å². The molecule has 0 saturated carbocycles. The second-order valence-electron chi connectivity index (χ2n) is 9.24. The molecule has 2 aliphatic rings. The largest absolute Gasteiger partial charge is 0.465 e. The van der Waals surface area contributed by atoms with Gasteiger partial charge in [-0.25, -0.2) is 9.59 Å². The Balaban J connectivity index is 1.29. The van der Waals surface area contributed by atoms with Crippen LogP contribution < -0.4 is 5.32 Å². The summed E-state index contributed by atoms with van der Waals surface area (Å²) < 4.78 is 83.2. The van der Waals surface area contributed by atoms with Crippen LogP contribution in [0.5, 0.6) is 0 Å². The predicted molar refractivity (Wildman–Crippen MR) is 125 cm³/mol. The number of hydrogen-bond donors (Lipinski definition) is 1. The zero-order valence-electron chi connectivity index (χ0n) is 20.4. The Hall–Kier alpha value is -3.32. The van der Waals surface area contributed by atoms with Gasteiger partial charge in [0.1, 0.15) is 0 Å². The maximum atomic E-state index is 13.1. The summed E-state index contributed by atoms with van der Waals surface area (Å²) in [6.45, 7) is 4.07. The molecule has 0 unspecified atom stereocenters. The van der Waals surface area contributed by atoms with Crippen LogP contribution in [0.1, 0.15) is 27.0 Å². The Morgan fingerprint density at radius 1 is 0.921 bits per heavy atom. The normalized spacial score (nSPS) is 17.7. The number of piperazine rings is 1. The molecule has 0 atom stereocenters. The minimum Gasteiger partial charge on any atom is -0.465 e. The number of methoxy groups -OCH3 is 1. The van der Waals surface area contributed by atoms with Gasteiger partial charge in [0.2, 0.25) is 0 Å². The minimum atomic E-state index is -4.99. The molecule has 206 valence electrons. The highest BCUT2D eigenvalue weighted by Crippen LogP contribution is 2.37. The molecule has 0 aromatic heterocycles. The summed E-state index contributed by atoms with van der Waals surface area (Å²) in [5, 5.41) is 2.17. The van der Waals surface area contributed by atoms with Crippen molar-refractivity contribution in [1.29, 1.82) is 0 Å². The van der Waals surface area contributed by atoms with E-state index in [-0.39, 0.29) is 12.1 Å². The first-order valence-electron chi connectivity index (χ1n) is 11.8. The number of nitrogens with one attached hydrogen (secondary N) is 1. The number of esters is 1. The lowest BCUT2D eigenvalue weighted by atomic mass is 10.0. The number of ether oxygens (including phenoxy) is 1. The average Bonchev–Trinajstić information content (AvgIpc) is 2.83. The van der Waals surface area contributed by atoms with Gasteiger partial charge in [-0.15, -0.1) is 0 Å². The number of alkyl halides is 6. The van der Waals surface area contributed by atoms with E-state index < -0.39 is 41.2 Å². The number of likely N-dealkylation sites (tertiary alicyclic amines) is 1. The fraction of sp³-hybridized carbons (Fsp3) is 0.440. The molecule has 1 N–H and O–H groups in total. The third kappa shape index (κ3) is 6.38. The number of anilines is 1. The van der Waals surface area contributed by atoms with Crippen molar-refractivity contribution >= 4 is 17.7 Å². The molecule has 13 heteroatoms. The fourth-order valence-corrected chi connectivity index (χ4v) is 4.58. The quantitative estimate of drug-likeness (QED) is 0.442. The van der Waals surface area contributed by atoms with Gasteiger partial charge in [0, 0.05) is 57.5 Å². The molecule has 4 rings (SSSR count). The topological polar surface area (TPSA) is 65.1 Å². The van der Waals surface area contributed by atoms with Gasteiger partial charge < -0.3 is 15.0 Å². The van der Waals surface area contributed by atoms with E-state index in [4.69, 9.17) is 4.74 Å².